The van der Waals surface area contributed by atoms with Crippen LogP contribution in [0, 0.1) is 0 Å². The van der Waals surface area contributed by atoms with Crippen molar-refractivity contribution < 1.29 is 4.18 Å². The molecule has 1 atom stereocenters. The molecular formula is C15H15OS+. The molecule has 17 heavy (non-hydrogen) atoms. The molecule has 0 fully saturated rings. The minimum absolute atomic E-state index is 0.185. The lowest BCUT2D eigenvalue weighted by Gasteiger charge is -2.11. The van der Waals surface area contributed by atoms with Crippen molar-refractivity contribution in [1.29, 1.82) is 0 Å². The molecule has 1 nitrogen and oxygen atoms in total. The summed E-state index contributed by atoms with van der Waals surface area (Å²) in [6.07, 6.45) is 0. The summed E-state index contributed by atoms with van der Waals surface area (Å²) < 4.78 is 6.23. The number of benzene rings is 2. The molecule has 0 saturated carbocycles. The van der Waals surface area contributed by atoms with E-state index in [1.54, 1.807) is 0 Å². The molecule has 2 heteroatoms. The van der Waals surface area contributed by atoms with Gasteiger partial charge in [-0.3, -0.25) is 0 Å². The van der Waals surface area contributed by atoms with Crippen LogP contribution in [0.5, 0.6) is 0 Å². The highest BCUT2D eigenvalue weighted by Gasteiger charge is 2.48. The second-order valence-corrected chi connectivity index (χ2v) is 6.29. The van der Waals surface area contributed by atoms with Crippen molar-refractivity contribution in [3.8, 4) is 0 Å². The largest absolute Gasteiger partial charge is 0.224 e. The minimum Gasteiger partial charge on any atom is -0.151 e. The van der Waals surface area contributed by atoms with Crippen molar-refractivity contribution >= 4 is 11.2 Å². The van der Waals surface area contributed by atoms with Gasteiger partial charge in [-0.1, -0.05) is 36.4 Å². The van der Waals surface area contributed by atoms with E-state index in [9.17, 15) is 0 Å². The predicted octanol–water partition coefficient (Wildman–Crippen LogP) is 3.90. The number of hydrogen-bond donors (Lipinski definition) is 0. The van der Waals surface area contributed by atoms with Gasteiger partial charge in [0.05, 0.1) is 0 Å². The molecule has 3 rings (SSSR count). The zero-order chi connectivity index (χ0) is 11.9. The van der Waals surface area contributed by atoms with Gasteiger partial charge in [-0.25, -0.2) is 0 Å². The fourth-order valence-electron chi connectivity index (χ4n) is 2.14. The van der Waals surface area contributed by atoms with Crippen LogP contribution in [0.15, 0.2) is 64.4 Å². The van der Waals surface area contributed by atoms with Crippen molar-refractivity contribution in [2.45, 2.75) is 29.2 Å². The molecule has 0 amide bonds. The maximum atomic E-state index is 6.23. The standard InChI is InChI=1S/C15H15OS/c1-15(2)13-10-6-7-11-14(13)17(16-15)12-8-4-3-5-9-12/h3-11H,1-2H3/q+1. The SMILES string of the molecule is CC1(C)O[S+](c2ccccc2)c2ccccc21. The first-order valence-corrected chi connectivity index (χ1v) is 6.92. The van der Waals surface area contributed by atoms with E-state index in [0.29, 0.717) is 0 Å². The van der Waals surface area contributed by atoms with Crippen molar-refractivity contribution in [1.82, 2.24) is 0 Å². The van der Waals surface area contributed by atoms with Crippen molar-refractivity contribution in [3.05, 3.63) is 60.2 Å². The Balaban J connectivity index is 2.12. The molecule has 0 radical (unpaired) electrons. The van der Waals surface area contributed by atoms with Crippen molar-refractivity contribution in [2.75, 3.05) is 0 Å². The van der Waals surface area contributed by atoms with Gasteiger partial charge in [-0.15, -0.1) is 0 Å². The Kier molecular flexibility index (Phi) is 2.49. The van der Waals surface area contributed by atoms with Gasteiger partial charge in [0, 0.05) is 5.56 Å². The summed E-state index contributed by atoms with van der Waals surface area (Å²) in [5.74, 6) is 0. The van der Waals surface area contributed by atoms with E-state index >= 15 is 0 Å². The lowest BCUT2D eigenvalue weighted by Crippen LogP contribution is -2.16. The molecule has 1 aliphatic heterocycles. The van der Waals surface area contributed by atoms with E-state index in [1.165, 1.54) is 15.4 Å². The van der Waals surface area contributed by atoms with Crippen LogP contribution < -0.4 is 0 Å². The molecular weight excluding hydrogens is 228 g/mol. The van der Waals surface area contributed by atoms with Crippen LogP contribution in [0.1, 0.15) is 19.4 Å². The summed E-state index contributed by atoms with van der Waals surface area (Å²) in [4.78, 5) is 2.58. The molecule has 0 aromatic heterocycles. The fraction of sp³-hybridized carbons (Fsp3) is 0.200. The molecule has 1 unspecified atom stereocenters. The highest BCUT2D eigenvalue weighted by molar-refractivity contribution is 7.92. The number of hydrogen-bond acceptors (Lipinski definition) is 1. The zero-order valence-electron chi connectivity index (χ0n) is 10.0. The lowest BCUT2D eigenvalue weighted by molar-refractivity contribution is 0.146. The lowest BCUT2D eigenvalue weighted by atomic mass is 9.99. The zero-order valence-corrected chi connectivity index (χ0v) is 10.8. The molecule has 0 saturated heterocycles. The van der Waals surface area contributed by atoms with E-state index in [-0.39, 0.29) is 16.8 Å². The molecule has 0 bridgehead atoms. The van der Waals surface area contributed by atoms with Gasteiger partial charge >= 0.3 is 0 Å². The van der Waals surface area contributed by atoms with Crippen molar-refractivity contribution in [3.63, 3.8) is 0 Å². The van der Waals surface area contributed by atoms with Gasteiger partial charge in [0.2, 0.25) is 16.1 Å². The molecule has 0 N–H and O–H groups in total. The summed E-state index contributed by atoms with van der Waals surface area (Å²) in [5.41, 5.74) is 1.13. The minimum atomic E-state index is -0.235. The molecule has 2 aromatic rings. The molecule has 86 valence electrons. The highest BCUT2D eigenvalue weighted by Crippen LogP contribution is 2.44. The van der Waals surface area contributed by atoms with Gasteiger partial charge < -0.3 is 0 Å². The summed E-state index contributed by atoms with van der Waals surface area (Å²) in [6.45, 7) is 4.28. The Bertz CT molecular complexity index is 534. The van der Waals surface area contributed by atoms with Gasteiger partial charge in [0.15, 0.2) is 10.5 Å². The predicted molar refractivity (Wildman–Crippen MR) is 70.9 cm³/mol. The van der Waals surface area contributed by atoms with Crippen LogP contribution in [0.3, 0.4) is 0 Å². The third-order valence-electron chi connectivity index (χ3n) is 2.98. The summed E-state index contributed by atoms with van der Waals surface area (Å²) in [7, 11) is 0. The van der Waals surface area contributed by atoms with Crippen LogP contribution >= 0.6 is 0 Å². The Morgan fingerprint density at radius 3 is 2.29 bits per heavy atom. The Labute approximate surface area is 105 Å². The molecule has 0 spiro atoms. The first-order chi connectivity index (χ1) is 8.18. The van der Waals surface area contributed by atoms with E-state index in [4.69, 9.17) is 4.18 Å². The second kappa shape index (κ2) is 3.90. The maximum absolute atomic E-state index is 6.23. The average Bonchev–Trinajstić information content (AvgIpc) is 2.64. The Morgan fingerprint density at radius 1 is 0.882 bits per heavy atom. The molecule has 0 aliphatic carbocycles. The smallest absolute Gasteiger partial charge is 0.151 e. The van der Waals surface area contributed by atoms with Gasteiger partial charge in [0.25, 0.3) is 0 Å². The van der Waals surface area contributed by atoms with Crippen LogP contribution in [0.25, 0.3) is 0 Å². The first kappa shape index (κ1) is 10.9. The average molecular weight is 243 g/mol. The van der Waals surface area contributed by atoms with Crippen LogP contribution in [0.2, 0.25) is 0 Å². The number of rotatable bonds is 1. The molecule has 1 heterocycles. The first-order valence-electron chi connectivity index (χ1n) is 5.77. The van der Waals surface area contributed by atoms with E-state index in [0.717, 1.165) is 0 Å². The van der Waals surface area contributed by atoms with Crippen LogP contribution in [0.4, 0.5) is 0 Å². The van der Waals surface area contributed by atoms with Crippen LogP contribution in [-0.4, -0.2) is 0 Å². The summed E-state index contributed by atoms with van der Waals surface area (Å²) >= 11 is -0.235. The van der Waals surface area contributed by atoms with Crippen LogP contribution in [-0.2, 0) is 21.0 Å². The fourth-order valence-corrected chi connectivity index (χ4v) is 4.21. The van der Waals surface area contributed by atoms with E-state index in [1.807, 2.05) is 6.07 Å². The normalized spacial score (nSPS) is 21.2. The van der Waals surface area contributed by atoms with Gasteiger partial charge in [-0.05, 0) is 32.0 Å². The quantitative estimate of drug-likeness (QED) is 0.690. The molecule has 1 aliphatic rings. The number of fused-ring (bicyclic) bond motifs is 1. The van der Waals surface area contributed by atoms with E-state index < -0.39 is 0 Å². The van der Waals surface area contributed by atoms with Crippen molar-refractivity contribution in [2.24, 2.45) is 0 Å². The van der Waals surface area contributed by atoms with E-state index in [2.05, 4.69) is 62.4 Å². The van der Waals surface area contributed by atoms with Gasteiger partial charge in [0.1, 0.15) is 0 Å². The van der Waals surface area contributed by atoms with Gasteiger partial charge in [-0.2, -0.15) is 4.18 Å². The summed E-state index contributed by atoms with van der Waals surface area (Å²) in [6, 6.07) is 19.0. The monoisotopic (exact) mass is 243 g/mol. The third kappa shape index (κ3) is 1.78. The summed E-state index contributed by atoms with van der Waals surface area (Å²) in [5, 5.41) is 0. The second-order valence-electron chi connectivity index (χ2n) is 4.67. The Hall–Kier alpha value is -1.25. The Morgan fingerprint density at radius 2 is 1.53 bits per heavy atom. The molecule has 2 aromatic carbocycles. The third-order valence-corrected chi connectivity index (χ3v) is 5.02. The highest BCUT2D eigenvalue weighted by atomic mass is 32.2. The maximum Gasteiger partial charge on any atom is 0.224 e. The topological polar surface area (TPSA) is 9.23 Å².